The van der Waals surface area contributed by atoms with Crippen LogP contribution >= 0.6 is 23.2 Å². The van der Waals surface area contributed by atoms with Gasteiger partial charge in [-0.25, -0.2) is 0 Å². The normalized spacial score (nSPS) is 12.4. The molecule has 3 nitrogen and oxygen atoms in total. The largest absolute Gasteiger partial charge is 0.377 e. The summed E-state index contributed by atoms with van der Waals surface area (Å²) in [6.45, 7) is 2.88. The van der Waals surface area contributed by atoms with Crippen molar-refractivity contribution in [1.82, 2.24) is 0 Å². The first-order valence-corrected chi connectivity index (χ1v) is 7.41. The van der Waals surface area contributed by atoms with E-state index in [0.717, 1.165) is 5.56 Å². The molecule has 0 aliphatic heterocycles. The highest BCUT2D eigenvalue weighted by Gasteiger charge is 2.14. The van der Waals surface area contributed by atoms with E-state index >= 15 is 0 Å². The van der Waals surface area contributed by atoms with Gasteiger partial charge in [0.25, 0.3) is 0 Å². The van der Waals surface area contributed by atoms with Gasteiger partial charge in [-0.15, -0.1) is 0 Å². The minimum absolute atomic E-state index is 0.128. The van der Waals surface area contributed by atoms with Gasteiger partial charge in [0.1, 0.15) is 6.10 Å². The predicted molar refractivity (Wildman–Crippen MR) is 81.4 cm³/mol. The lowest BCUT2D eigenvalue weighted by molar-refractivity contribution is -0.129. The number of ether oxygens (including phenoxy) is 2. The standard InChI is InChI=1S/C15H20Cl2O3/c1-3-15(19-2)14(18)5-4-8-20-10-11-6-7-12(16)9-13(11)17/h6-7,9,15H,3-5,8,10H2,1-2H3. The Morgan fingerprint density at radius 3 is 2.70 bits per heavy atom. The molecule has 1 aromatic rings. The van der Waals surface area contributed by atoms with Crippen LogP contribution in [0.25, 0.3) is 0 Å². The van der Waals surface area contributed by atoms with E-state index < -0.39 is 0 Å². The van der Waals surface area contributed by atoms with Crippen LogP contribution in [-0.2, 0) is 20.9 Å². The second-order valence-electron chi connectivity index (χ2n) is 4.49. The van der Waals surface area contributed by atoms with Crippen molar-refractivity contribution < 1.29 is 14.3 Å². The van der Waals surface area contributed by atoms with Gasteiger partial charge >= 0.3 is 0 Å². The van der Waals surface area contributed by atoms with Crippen molar-refractivity contribution in [2.24, 2.45) is 0 Å². The van der Waals surface area contributed by atoms with Crippen molar-refractivity contribution in [3.63, 3.8) is 0 Å². The lowest BCUT2D eigenvalue weighted by Gasteiger charge is -2.11. The monoisotopic (exact) mass is 318 g/mol. The molecule has 0 bridgehead atoms. The van der Waals surface area contributed by atoms with Crippen LogP contribution in [-0.4, -0.2) is 25.6 Å². The highest BCUT2D eigenvalue weighted by atomic mass is 35.5. The predicted octanol–water partition coefficient (Wildman–Crippen LogP) is 4.28. The number of hydrogen-bond donors (Lipinski definition) is 0. The summed E-state index contributed by atoms with van der Waals surface area (Å²) in [4.78, 5) is 11.7. The molecule has 0 spiro atoms. The third-order valence-corrected chi connectivity index (χ3v) is 3.59. The van der Waals surface area contributed by atoms with E-state index in [4.69, 9.17) is 32.7 Å². The third-order valence-electron chi connectivity index (χ3n) is 3.00. The maximum atomic E-state index is 11.7. The molecule has 0 saturated carbocycles. The summed E-state index contributed by atoms with van der Waals surface area (Å²) in [5.41, 5.74) is 0.894. The van der Waals surface area contributed by atoms with Crippen LogP contribution in [0.4, 0.5) is 0 Å². The van der Waals surface area contributed by atoms with Gasteiger partial charge in [0.15, 0.2) is 5.78 Å². The SMILES string of the molecule is CCC(OC)C(=O)CCCOCc1ccc(Cl)cc1Cl. The Morgan fingerprint density at radius 2 is 2.10 bits per heavy atom. The maximum Gasteiger partial charge on any atom is 0.161 e. The first-order chi connectivity index (χ1) is 9.58. The molecule has 0 N–H and O–H groups in total. The Hall–Kier alpha value is -0.610. The Bertz CT molecular complexity index is 431. The second kappa shape index (κ2) is 9.35. The van der Waals surface area contributed by atoms with Crippen LogP contribution in [0.15, 0.2) is 18.2 Å². The lowest BCUT2D eigenvalue weighted by Crippen LogP contribution is -2.22. The molecule has 0 amide bonds. The molecule has 1 rings (SSSR count). The summed E-state index contributed by atoms with van der Waals surface area (Å²) in [5, 5.41) is 1.20. The highest BCUT2D eigenvalue weighted by molar-refractivity contribution is 6.35. The molecule has 1 unspecified atom stereocenters. The molecule has 0 heterocycles. The van der Waals surface area contributed by atoms with E-state index in [1.54, 1.807) is 19.2 Å². The molecule has 0 aliphatic carbocycles. The topological polar surface area (TPSA) is 35.5 Å². The zero-order chi connectivity index (χ0) is 15.0. The molecule has 0 radical (unpaired) electrons. The molecule has 0 aliphatic rings. The van der Waals surface area contributed by atoms with Gasteiger partial charge in [-0.1, -0.05) is 36.2 Å². The third kappa shape index (κ3) is 5.80. The number of carbonyl (C=O) groups excluding carboxylic acids is 1. The average Bonchev–Trinajstić information content (AvgIpc) is 2.42. The summed E-state index contributed by atoms with van der Waals surface area (Å²) in [6.07, 6.45) is 1.57. The number of rotatable bonds is 9. The Kier molecular flexibility index (Phi) is 8.15. The summed E-state index contributed by atoms with van der Waals surface area (Å²) >= 11 is 11.9. The van der Waals surface area contributed by atoms with Crippen LogP contribution in [0.5, 0.6) is 0 Å². The Morgan fingerprint density at radius 1 is 1.35 bits per heavy atom. The minimum Gasteiger partial charge on any atom is -0.377 e. The van der Waals surface area contributed by atoms with Crippen LogP contribution in [0, 0.1) is 0 Å². The summed E-state index contributed by atoms with van der Waals surface area (Å²) < 4.78 is 10.6. The Balaban J connectivity index is 2.23. The zero-order valence-electron chi connectivity index (χ0n) is 11.8. The van der Waals surface area contributed by atoms with Gasteiger partial charge in [-0.2, -0.15) is 0 Å². The van der Waals surface area contributed by atoms with Gasteiger partial charge < -0.3 is 9.47 Å². The van der Waals surface area contributed by atoms with Crippen molar-refractivity contribution in [3.8, 4) is 0 Å². The number of halogens is 2. The fourth-order valence-electron chi connectivity index (χ4n) is 1.86. The van der Waals surface area contributed by atoms with Crippen molar-refractivity contribution in [3.05, 3.63) is 33.8 Å². The number of carbonyl (C=O) groups is 1. The summed E-state index contributed by atoms with van der Waals surface area (Å²) in [6, 6.07) is 5.31. The smallest absolute Gasteiger partial charge is 0.161 e. The van der Waals surface area contributed by atoms with E-state index in [-0.39, 0.29) is 11.9 Å². The van der Waals surface area contributed by atoms with Crippen molar-refractivity contribution in [1.29, 1.82) is 0 Å². The average molecular weight is 319 g/mol. The Labute approximate surface area is 130 Å². The first-order valence-electron chi connectivity index (χ1n) is 6.65. The van der Waals surface area contributed by atoms with Crippen LogP contribution in [0.2, 0.25) is 10.0 Å². The van der Waals surface area contributed by atoms with Gasteiger partial charge in [-0.05, 0) is 30.5 Å². The van der Waals surface area contributed by atoms with Crippen molar-refractivity contribution in [2.45, 2.75) is 38.9 Å². The van der Waals surface area contributed by atoms with Gasteiger partial charge in [0.05, 0.1) is 6.61 Å². The molecule has 1 atom stereocenters. The van der Waals surface area contributed by atoms with Crippen LogP contribution in [0.1, 0.15) is 31.7 Å². The molecule has 0 aromatic heterocycles. The molecular weight excluding hydrogens is 299 g/mol. The molecular formula is C15H20Cl2O3. The molecule has 5 heteroatoms. The van der Waals surface area contributed by atoms with Crippen LogP contribution < -0.4 is 0 Å². The molecule has 1 aromatic carbocycles. The highest BCUT2D eigenvalue weighted by Crippen LogP contribution is 2.21. The van der Waals surface area contributed by atoms with E-state index in [1.807, 2.05) is 13.0 Å². The van der Waals surface area contributed by atoms with Crippen molar-refractivity contribution in [2.75, 3.05) is 13.7 Å². The molecule has 0 saturated heterocycles. The van der Waals surface area contributed by atoms with Gasteiger partial charge in [-0.3, -0.25) is 4.79 Å². The summed E-state index contributed by atoms with van der Waals surface area (Å²) in [5.74, 6) is 0.128. The van der Waals surface area contributed by atoms with E-state index in [0.29, 0.717) is 42.5 Å². The van der Waals surface area contributed by atoms with Crippen LogP contribution in [0.3, 0.4) is 0 Å². The number of methoxy groups -OCH3 is 1. The van der Waals surface area contributed by atoms with E-state index in [1.165, 1.54) is 0 Å². The fourth-order valence-corrected chi connectivity index (χ4v) is 2.32. The minimum atomic E-state index is -0.291. The van der Waals surface area contributed by atoms with Gasteiger partial charge in [0.2, 0.25) is 0 Å². The lowest BCUT2D eigenvalue weighted by atomic mass is 10.1. The second-order valence-corrected chi connectivity index (χ2v) is 5.33. The zero-order valence-corrected chi connectivity index (χ0v) is 13.3. The first kappa shape index (κ1) is 17.4. The van der Waals surface area contributed by atoms with E-state index in [2.05, 4.69) is 0 Å². The molecule has 0 fully saturated rings. The van der Waals surface area contributed by atoms with Gasteiger partial charge in [0, 0.05) is 30.2 Å². The molecule has 20 heavy (non-hydrogen) atoms. The van der Waals surface area contributed by atoms with E-state index in [9.17, 15) is 4.79 Å². The number of ketones is 1. The molecule has 112 valence electrons. The fraction of sp³-hybridized carbons (Fsp3) is 0.533. The summed E-state index contributed by atoms with van der Waals surface area (Å²) in [7, 11) is 1.56. The number of benzene rings is 1. The maximum absolute atomic E-state index is 11.7. The van der Waals surface area contributed by atoms with Crippen molar-refractivity contribution >= 4 is 29.0 Å². The number of hydrogen-bond acceptors (Lipinski definition) is 3. The quantitative estimate of drug-likeness (QED) is 0.637. The number of Topliss-reactive ketones (excluding diaryl/α,β-unsaturated/α-hetero) is 1.